The standard InChI is InChI=1S/C13H8BrClFNOS/c14-9-5-7(13(17)19)1-3-11(9)18-12-4-2-8(16)6-10(12)15/h1-6H,(H2,17,19). The van der Waals surface area contributed by atoms with E-state index in [-0.39, 0.29) is 5.02 Å². The lowest BCUT2D eigenvalue weighted by atomic mass is 10.2. The molecule has 2 N–H and O–H groups in total. The molecule has 19 heavy (non-hydrogen) atoms. The fourth-order valence-corrected chi connectivity index (χ4v) is 2.21. The number of ether oxygens (including phenoxy) is 1. The van der Waals surface area contributed by atoms with Gasteiger partial charge in [0.1, 0.15) is 22.3 Å². The molecule has 0 fully saturated rings. The maximum absolute atomic E-state index is 12.9. The molecule has 2 aromatic carbocycles. The van der Waals surface area contributed by atoms with E-state index in [2.05, 4.69) is 15.9 Å². The second-order valence-electron chi connectivity index (χ2n) is 3.69. The Kier molecular flexibility index (Phi) is 4.39. The van der Waals surface area contributed by atoms with Crippen molar-refractivity contribution >= 4 is 44.7 Å². The molecular formula is C13H8BrClFNOS. The van der Waals surface area contributed by atoms with Crippen molar-refractivity contribution in [2.24, 2.45) is 5.73 Å². The van der Waals surface area contributed by atoms with Gasteiger partial charge in [0, 0.05) is 5.56 Å². The highest BCUT2D eigenvalue weighted by atomic mass is 79.9. The first-order valence-electron chi connectivity index (χ1n) is 5.19. The number of nitrogens with two attached hydrogens (primary N) is 1. The lowest BCUT2D eigenvalue weighted by molar-refractivity contribution is 0.478. The fourth-order valence-electron chi connectivity index (χ4n) is 1.41. The van der Waals surface area contributed by atoms with Crippen molar-refractivity contribution < 1.29 is 9.13 Å². The molecule has 2 nitrogen and oxygen atoms in total. The molecule has 0 aliphatic heterocycles. The summed E-state index contributed by atoms with van der Waals surface area (Å²) in [5.41, 5.74) is 6.25. The van der Waals surface area contributed by atoms with E-state index < -0.39 is 5.82 Å². The molecule has 0 saturated carbocycles. The quantitative estimate of drug-likeness (QED) is 0.808. The summed E-state index contributed by atoms with van der Waals surface area (Å²) >= 11 is 14.1. The number of rotatable bonds is 3. The zero-order valence-electron chi connectivity index (χ0n) is 9.49. The van der Waals surface area contributed by atoms with Crippen LogP contribution < -0.4 is 10.5 Å². The number of halogens is 3. The van der Waals surface area contributed by atoms with E-state index in [1.165, 1.54) is 18.2 Å². The van der Waals surface area contributed by atoms with Crippen LogP contribution in [0, 0.1) is 5.82 Å². The topological polar surface area (TPSA) is 35.2 Å². The van der Waals surface area contributed by atoms with E-state index >= 15 is 0 Å². The normalized spacial score (nSPS) is 10.3. The Morgan fingerprint density at radius 2 is 1.89 bits per heavy atom. The van der Waals surface area contributed by atoms with Gasteiger partial charge in [0.15, 0.2) is 0 Å². The van der Waals surface area contributed by atoms with Gasteiger partial charge in [-0.1, -0.05) is 23.8 Å². The van der Waals surface area contributed by atoms with Gasteiger partial charge in [-0.3, -0.25) is 0 Å². The molecule has 6 heteroatoms. The highest BCUT2D eigenvalue weighted by Gasteiger charge is 2.08. The highest BCUT2D eigenvalue weighted by Crippen LogP contribution is 2.34. The van der Waals surface area contributed by atoms with Crippen LogP contribution in [-0.2, 0) is 0 Å². The monoisotopic (exact) mass is 359 g/mol. The van der Waals surface area contributed by atoms with Crippen LogP contribution in [0.5, 0.6) is 11.5 Å². The second kappa shape index (κ2) is 5.86. The van der Waals surface area contributed by atoms with Gasteiger partial charge in [-0.2, -0.15) is 0 Å². The van der Waals surface area contributed by atoms with E-state index in [0.717, 1.165) is 5.56 Å². The SMILES string of the molecule is NC(=S)c1ccc(Oc2ccc(F)cc2Cl)c(Br)c1. The molecular weight excluding hydrogens is 353 g/mol. The zero-order chi connectivity index (χ0) is 14.0. The zero-order valence-corrected chi connectivity index (χ0v) is 12.7. The minimum atomic E-state index is -0.416. The molecule has 0 amide bonds. The Morgan fingerprint density at radius 1 is 1.21 bits per heavy atom. The van der Waals surface area contributed by atoms with Crippen molar-refractivity contribution in [3.8, 4) is 11.5 Å². The van der Waals surface area contributed by atoms with Gasteiger partial charge < -0.3 is 10.5 Å². The molecule has 0 aliphatic rings. The molecule has 0 aromatic heterocycles. The molecule has 0 spiro atoms. The highest BCUT2D eigenvalue weighted by molar-refractivity contribution is 9.10. The van der Waals surface area contributed by atoms with E-state index in [4.69, 9.17) is 34.3 Å². The minimum absolute atomic E-state index is 0.199. The molecule has 0 unspecified atom stereocenters. The number of thiocarbonyl (C=S) groups is 1. The van der Waals surface area contributed by atoms with Crippen LogP contribution in [0.4, 0.5) is 4.39 Å². The molecule has 98 valence electrons. The summed E-state index contributed by atoms with van der Waals surface area (Å²) in [6.07, 6.45) is 0. The van der Waals surface area contributed by atoms with Crippen molar-refractivity contribution in [1.82, 2.24) is 0 Å². The van der Waals surface area contributed by atoms with Gasteiger partial charge >= 0.3 is 0 Å². The summed E-state index contributed by atoms with van der Waals surface area (Å²) in [4.78, 5) is 0.298. The average molecular weight is 361 g/mol. The first-order chi connectivity index (χ1) is 8.97. The van der Waals surface area contributed by atoms with Crippen LogP contribution in [0.1, 0.15) is 5.56 Å². The molecule has 0 radical (unpaired) electrons. The fraction of sp³-hybridized carbons (Fsp3) is 0. The first kappa shape index (κ1) is 14.2. The first-order valence-corrected chi connectivity index (χ1v) is 6.77. The Hall–Kier alpha value is -1.17. The Bertz CT molecular complexity index is 651. The van der Waals surface area contributed by atoms with Crippen LogP contribution in [-0.4, -0.2) is 4.99 Å². The molecule has 2 aromatic rings. The van der Waals surface area contributed by atoms with Crippen LogP contribution in [0.2, 0.25) is 5.02 Å². The van der Waals surface area contributed by atoms with E-state index in [1.807, 2.05) is 0 Å². The van der Waals surface area contributed by atoms with E-state index in [9.17, 15) is 4.39 Å². The van der Waals surface area contributed by atoms with Crippen LogP contribution >= 0.6 is 39.7 Å². The van der Waals surface area contributed by atoms with Gasteiger partial charge in [0.05, 0.1) is 9.50 Å². The predicted octanol–water partition coefficient (Wildman–Crippen LogP) is 4.67. The van der Waals surface area contributed by atoms with Crippen molar-refractivity contribution in [3.05, 3.63) is 57.3 Å². The predicted molar refractivity (Wildman–Crippen MR) is 81.5 cm³/mol. The van der Waals surface area contributed by atoms with Gasteiger partial charge in [0.25, 0.3) is 0 Å². The van der Waals surface area contributed by atoms with Crippen LogP contribution in [0.3, 0.4) is 0 Å². The third kappa shape index (κ3) is 3.43. The number of hydrogen-bond donors (Lipinski definition) is 1. The molecule has 0 bridgehead atoms. The molecule has 2 rings (SSSR count). The van der Waals surface area contributed by atoms with Crippen molar-refractivity contribution in [2.45, 2.75) is 0 Å². The Labute approximate surface area is 128 Å². The molecule has 0 heterocycles. The van der Waals surface area contributed by atoms with Crippen LogP contribution in [0.25, 0.3) is 0 Å². The van der Waals surface area contributed by atoms with Gasteiger partial charge in [0.2, 0.25) is 0 Å². The maximum atomic E-state index is 12.9. The molecule has 0 aliphatic carbocycles. The van der Waals surface area contributed by atoms with Crippen molar-refractivity contribution in [1.29, 1.82) is 0 Å². The second-order valence-corrected chi connectivity index (χ2v) is 5.39. The third-order valence-electron chi connectivity index (χ3n) is 2.33. The lowest BCUT2D eigenvalue weighted by Crippen LogP contribution is -2.09. The third-order valence-corrected chi connectivity index (χ3v) is 3.48. The average Bonchev–Trinajstić information content (AvgIpc) is 2.34. The number of benzene rings is 2. The van der Waals surface area contributed by atoms with Crippen LogP contribution in [0.15, 0.2) is 40.9 Å². The minimum Gasteiger partial charge on any atom is -0.455 e. The lowest BCUT2D eigenvalue weighted by Gasteiger charge is -2.10. The van der Waals surface area contributed by atoms with Gasteiger partial charge in [-0.25, -0.2) is 4.39 Å². The number of hydrogen-bond acceptors (Lipinski definition) is 2. The summed E-state index contributed by atoms with van der Waals surface area (Å²) < 4.78 is 19.2. The van der Waals surface area contributed by atoms with E-state index in [1.54, 1.807) is 18.2 Å². The summed E-state index contributed by atoms with van der Waals surface area (Å²) in [5.74, 6) is 0.487. The van der Waals surface area contributed by atoms with Crippen molar-refractivity contribution in [2.75, 3.05) is 0 Å². The Balaban J connectivity index is 2.31. The Morgan fingerprint density at radius 3 is 2.47 bits per heavy atom. The summed E-state index contributed by atoms with van der Waals surface area (Å²) in [6, 6.07) is 9.12. The maximum Gasteiger partial charge on any atom is 0.146 e. The van der Waals surface area contributed by atoms with Crippen molar-refractivity contribution in [3.63, 3.8) is 0 Å². The van der Waals surface area contributed by atoms with Gasteiger partial charge in [-0.05, 0) is 52.3 Å². The summed E-state index contributed by atoms with van der Waals surface area (Å²) in [5, 5.41) is 0.199. The molecule has 0 atom stereocenters. The van der Waals surface area contributed by atoms with Gasteiger partial charge in [-0.15, -0.1) is 0 Å². The summed E-state index contributed by atoms with van der Waals surface area (Å²) in [7, 11) is 0. The smallest absolute Gasteiger partial charge is 0.146 e. The molecule has 0 saturated heterocycles. The van der Waals surface area contributed by atoms with E-state index in [0.29, 0.717) is 21.0 Å². The summed E-state index contributed by atoms with van der Waals surface area (Å²) in [6.45, 7) is 0. The largest absolute Gasteiger partial charge is 0.455 e.